The van der Waals surface area contributed by atoms with Gasteiger partial charge in [0.2, 0.25) is 0 Å². The van der Waals surface area contributed by atoms with Crippen LogP contribution in [0.25, 0.3) is 10.8 Å². The highest BCUT2D eigenvalue weighted by Gasteiger charge is 2.14. The Balaban J connectivity index is 1.72. The van der Waals surface area contributed by atoms with E-state index in [4.69, 9.17) is 0 Å². The molecule has 5 nitrogen and oxygen atoms in total. The van der Waals surface area contributed by atoms with E-state index in [0.717, 1.165) is 52.1 Å². The molecule has 0 amide bonds. The molecule has 6 heteroatoms. The zero-order valence-corrected chi connectivity index (χ0v) is 17.8. The van der Waals surface area contributed by atoms with Gasteiger partial charge in [0.05, 0.1) is 23.5 Å². The molecular weight excluding hydrogens is 394 g/mol. The monoisotopic (exact) mass is 418 g/mol. The van der Waals surface area contributed by atoms with E-state index < -0.39 is 5.97 Å². The summed E-state index contributed by atoms with van der Waals surface area (Å²) in [5.74, 6) is -0.00577. The second kappa shape index (κ2) is 10.7. The van der Waals surface area contributed by atoms with Gasteiger partial charge in [-0.3, -0.25) is 4.98 Å². The molecule has 0 radical (unpaired) electrons. The van der Waals surface area contributed by atoms with Crippen molar-refractivity contribution in [1.29, 1.82) is 5.26 Å². The van der Waals surface area contributed by atoms with Crippen LogP contribution in [0.4, 0.5) is 11.4 Å². The Bertz CT molecular complexity index is 1060. The number of benzene rings is 2. The van der Waals surface area contributed by atoms with Crippen LogP contribution >= 0.6 is 11.8 Å². The summed E-state index contributed by atoms with van der Waals surface area (Å²) < 4.78 is 0. The molecule has 0 spiro atoms. The van der Waals surface area contributed by atoms with Crippen molar-refractivity contribution in [1.82, 2.24) is 4.98 Å². The molecule has 30 heavy (non-hydrogen) atoms. The first-order valence-electron chi connectivity index (χ1n) is 10.0. The zero-order valence-electron chi connectivity index (χ0n) is 17.0. The third-order valence-electron chi connectivity index (χ3n) is 5.04. The lowest BCUT2D eigenvalue weighted by Crippen LogP contribution is -2.21. The summed E-state index contributed by atoms with van der Waals surface area (Å²) in [7, 11) is 2.02. The number of aliphatic carboxylic acids is 1. The summed E-state index contributed by atoms with van der Waals surface area (Å²) in [6.45, 7) is 0. The highest BCUT2D eigenvalue weighted by molar-refractivity contribution is 7.99. The number of hydrogen-bond acceptors (Lipinski definition) is 6. The Morgan fingerprint density at radius 1 is 1.07 bits per heavy atom. The molecule has 0 atom stereocenters. The number of pyridine rings is 1. The number of carbonyl (C=O) groups excluding carboxylic acids is 1. The molecule has 1 aromatic heterocycles. The van der Waals surface area contributed by atoms with Crippen LogP contribution < -0.4 is 10.0 Å². The Morgan fingerprint density at radius 2 is 1.83 bits per heavy atom. The van der Waals surface area contributed by atoms with Gasteiger partial charge in [0.15, 0.2) is 0 Å². The van der Waals surface area contributed by atoms with Gasteiger partial charge in [0, 0.05) is 40.6 Å². The number of rotatable bonds is 10. The molecule has 0 fully saturated rings. The van der Waals surface area contributed by atoms with Crippen LogP contribution in [-0.4, -0.2) is 23.8 Å². The number of carboxylic acids is 1. The molecule has 0 aliphatic rings. The molecule has 0 bridgehead atoms. The van der Waals surface area contributed by atoms with Crippen molar-refractivity contribution in [2.45, 2.75) is 37.0 Å². The molecule has 2 aromatic carbocycles. The fourth-order valence-electron chi connectivity index (χ4n) is 3.46. The van der Waals surface area contributed by atoms with Crippen LogP contribution in [0.2, 0.25) is 0 Å². The Hall–Kier alpha value is -3.04. The predicted octanol–water partition coefficient (Wildman–Crippen LogP) is 4.67. The van der Waals surface area contributed by atoms with Gasteiger partial charge in [-0.05, 0) is 43.2 Å². The minimum atomic E-state index is -0.968. The number of carbonyl (C=O) groups is 1. The predicted molar refractivity (Wildman–Crippen MR) is 120 cm³/mol. The van der Waals surface area contributed by atoms with Crippen molar-refractivity contribution in [2.75, 3.05) is 17.7 Å². The fraction of sp³-hybridized carbons (Fsp3) is 0.292. The molecule has 0 unspecified atom stereocenters. The number of thioether (sulfide) groups is 1. The van der Waals surface area contributed by atoms with Crippen molar-refractivity contribution in [2.24, 2.45) is 0 Å². The average Bonchev–Trinajstić information content (AvgIpc) is 2.77. The van der Waals surface area contributed by atoms with Crippen molar-refractivity contribution in [3.05, 3.63) is 60.4 Å². The first-order chi connectivity index (χ1) is 14.6. The maximum absolute atomic E-state index is 10.5. The number of nitrogens with zero attached hydrogens (tertiary/aromatic N) is 3. The average molecular weight is 419 g/mol. The molecule has 0 aliphatic carbocycles. The largest absolute Gasteiger partial charge is 0.550 e. The normalized spacial score (nSPS) is 10.7. The highest BCUT2D eigenvalue weighted by atomic mass is 32.2. The third kappa shape index (κ3) is 5.31. The Labute approximate surface area is 181 Å². The van der Waals surface area contributed by atoms with Gasteiger partial charge < -0.3 is 14.8 Å². The van der Waals surface area contributed by atoms with Crippen LogP contribution in [0.15, 0.2) is 59.8 Å². The number of anilines is 2. The Kier molecular flexibility index (Phi) is 7.69. The molecule has 0 saturated heterocycles. The van der Waals surface area contributed by atoms with Crippen molar-refractivity contribution in [3.8, 4) is 6.07 Å². The lowest BCUT2D eigenvalue weighted by Gasteiger charge is -2.23. The molecule has 0 saturated carbocycles. The van der Waals surface area contributed by atoms with Crippen molar-refractivity contribution >= 4 is 39.9 Å². The Morgan fingerprint density at radius 3 is 2.60 bits per heavy atom. The molecule has 154 valence electrons. The minimum Gasteiger partial charge on any atom is -0.550 e. The maximum Gasteiger partial charge on any atom is 0.0998 e. The number of nitriles is 1. The topological polar surface area (TPSA) is 80.1 Å². The van der Waals surface area contributed by atoms with Gasteiger partial charge in [-0.1, -0.05) is 37.1 Å². The second-order valence-electron chi connectivity index (χ2n) is 7.08. The number of unbranched alkanes of at least 4 members (excludes halogenated alkanes) is 3. The van der Waals surface area contributed by atoms with E-state index in [1.165, 1.54) is 0 Å². The lowest BCUT2D eigenvalue weighted by atomic mass is 10.0. The summed E-state index contributed by atoms with van der Waals surface area (Å²) in [6.07, 6.45) is 7.45. The molecule has 3 aromatic rings. The van der Waals surface area contributed by atoms with Crippen LogP contribution in [0.5, 0.6) is 0 Å². The number of fused-ring (bicyclic) bond motifs is 1. The van der Waals surface area contributed by atoms with E-state index in [9.17, 15) is 15.2 Å². The summed E-state index contributed by atoms with van der Waals surface area (Å²) in [5, 5.41) is 21.9. The van der Waals surface area contributed by atoms with Crippen LogP contribution in [0, 0.1) is 11.3 Å². The standard InChI is InChI=1S/C24H25N3O2S/c1-27(21-12-11-18(16-25)19-8-5-6-9-20(19)21)22-17-26-14-13-23(22)30-15-7-3-2-4-10-24(28)29/h5-6,8-9,11-14,17H,2-4,7,10,15H2,1H3,(H,28,29)/p-1. The fourth-order valence-corrected chi connectivity index (χ4v) is 4.52. The van der Waals surface area contributed by atoms with Crippen LogP contribution in [0.3, 0.4) is 0 Å². The van der Waals surface area contributed by atoms with E-state index in [0.29, 0.717) is 12.0 Å². The summed E-state index contributed by atoms with van der Waals surface area (Å²) >= 11 is 1.78. The first-order valence-corrected chi connectivity index (χ1v) is 11.0. The second-order valence-corrected chi connectivity index (χ2v) is 8.21. The number of hydrogen-bond donors (Lipinski definition) is 0. The summed E-state index contributed by atoms with van der Waals surface area (Å²) in [4.78, 5) is 18.1. The molecule has 0 N–H and O–H groups in total. The smallest absolute Gasteiger partial charge is 0.0998 e. The van der Waals surface area contributed by atoms with Gasteiger partial charge >= 0.3 is 0 Å². The number of carboxylic acid groups (broad SMARTS) is 1. The van der Waals surface area contributed by atoms with E-state index in [2.05, 4.69) is 16.0 Å². The van der Waals surface area contributed by atoms with Gasteiger partial charge in [-0.2, -0.15) is 5.26 Å². The highest BCUT2D eigenvalue weighted by Crippen LogP contribution is 2.37. The van der Waals surface area contributed by atoms with Crippen LogP contribution in [-0.2, 0) is 4.79 Å². The zero-order chi connectivity index (χ0) is 21.3. The van der Waals surface area contributed by atoms with Crippen molar-refractivity contribution < 1.29 is 9.90 Å². The lowest BCUT2D eigenvalue weighted by molar-refractivity contribution is -0.305. The number of aromatic nitrogens is 1. The van der Waals surface area contributed by atoms with E-state index in [-0.39, 0.29) is 6.42 Å². The third-order valence-corrected chi connectivity index (χ3v) is 6.19. The van der Waals surface area contributed by atoms with Crippen molar-refractivity contribution in [3.63, 3.8) is 0 Å². The van der Waals surface area contributed by atoms with Gasteiger partial charge in [0.25, 0.3) is 0 Å². The molecule has 3 rings (SSSR count). The summed E-state index contributed by atoms with van der Waals surface area (Å²) in [5.41, 5.74) is 2.72. The maximum atomic E-state index is 10.5. The van der Waals surface area contributed by atoms with Crippen LogP contribution in [0.1, 0.15) is 37.7 Å². The SMILES string of the molecule is CN(c1cnccc1SCCCCCCC(=O)[O-])c1ccc(C#N)c2ccccc12. The van der Waals surface area contributed by atoms with E-state index in [1.807, 2.05) is 55.7 Å². The van der Waals surface area contributed by atoms with Gasteiger partial charge in [-0.25, -0.2) is 0 Å². The van der Waals surface area contributed by atoms with E-state index >= 15 is 0 Å². The molecule has 0 aliphatic heterocycles. The minimum absolute atomic E-state index is 0.144. The van der Waals surface area contributed by atoms with Gasteiger partial charge in [-0.15, -0.1) is 11.8 Å². The first kappa shape index (κ1) is 21.7. The quantitative estimate of drug-likeness (QED) is 0.352. The summed E-state index contributed by atoms with van der Waals surface area (Å²) in [6, 6.07) is 16.1. The molecule has 1 heterocycles. The molecular formula is C24H24N3O2S-. The van der Waals surface area contributed by atoms with E-state index in [1.54, 1.807) is 18.0 Å². The van der Waals surface area contributed by atoms with Gasteiger partial charge in [0.1, 0.15) is 0 Å².